The first-order valence-corrected chi connectivity index (χ1v) is 9.46. The topological polar surface area (TPSA) is 112 Å². The SMILES string of the molecule is CC(=O)Nc1cccc(N2C(=O)C(=O)/C(=C(/O)c3ccncc3)C2c2cccnc2)c1. The summed E-state index contributed by atoms with van der Waals surface area (Å²) < 4.78 is 0. The van der Waals surface area contributed by atoms with Crippen molar-refractivity contribution in [2.45, 2.75) is 13.0 Å². The zero-order chi connectivity index (χ0) is 22.0. The largest absolute Gasteiger partial charge is 0.507 e. The number of ketones is 1. The van der Waals surface area contributed by atoms with Crippen LogP contribution in [0, 0.1) is 0 Å². The highest BCUT2D eigenvalue weighted by molar-refractivity contribution is 6.51. The first-order valence-electron chi connectivity index (χ1n) is 9.46. The third-order valence-corrected chi connectivity index (χ3v) is 4.84. The van der Waals surface area contributed by atoms with Gasteiger partial charge in [0, 0.05) is 48.6 Å². The van der Waals surface area contributed by atoms with E-state index in [0.29, 0.717) is 22.5 Å². The minimum absolute atomic E-state index is 0.0471. The third kappa shape index (κ3) is 3.78. The van der Waals surface area contributed by atoms with Crippen molar-refractivity contribution in [3.63, 3.8) is 0 Å². The molecule has 1 aromatic carbocycles. The number of anilines is 2. The van der Waals surface area contributed by atoms with Gasteiger partial charge in [-0.05, 0) is 42.0 Å². The molecule has 2 amide bonds. The fourth-order valence-corrected chi connectivity index (χ4v) is 3.55. The molecule has 2 N–H and O–H groups in total. The van der Waals surface area contributed by atoms with Gasteiger partial charge >= 0.3 is 0 Å². The van der Waals surface area contributed by atoms with Crippen molar-refractivity contribution in [1.29, 1.82) is 0 Å². The third-order valence-electron chi connectivity index (χ3n) is 4.84. The molecular weight excluding hydrogens is 396 g/mol. The van der Waals surface area contributed by atoms with Gasteiger partial charge in [-0.1, -0.05) is 12.1 Å². The highest BCUT2D eigenvalue weighted by Crippen LogP contribution is 2.42. The summed E-state index contributed by atoms with van der Waals surface area (Å²) in [5.74, 6) is -2.16. The van der Waals surface area contributed by atoms with Crippen LogP contribution in [0.5, 0.6) is 0 Å². The Labute approximate surface area is 177 Å². The van der Waals surface area contributed by atoms with Gasteiger partial charge in [0.25, 0.3) is 11.7 Å². The zero-order valence-electron chi connectivity index (χ0n) is 16.5. The molecule has 0 saturated carbocycles. The molecule has 1 atom stereocenters. The lowest BCUT2D eigenvalue weighted by Crippen LogP contribution is -2.29. The maximum atomic E-state index is 13.1. The Kier molecular flexibility index (Phi) is 5.28. The van der Waals surface area contributed by atoms with Gasteiger partial charge in [0.15, 0.2) is 0 Å². The smallest absolute Gasteiger partial charge is 0.300 e. The lowest BCUT2D eigenvalue weighted by atomic mass is 9.96. The average molecular weight is 414 g/mol. The van der Waals surface area contributed by atoms with E-state index in [0.717, 1.165) is 0 Å². The number of rotatable bonds is 4. The molecule has 3 aromatic rings. The number of aliphatic hydroxyl groups is 1. The summed E-state index contributed by atoms with van der Waals surface area (Å²) in [5, 5.41) is 13.6. The highest BCUT2D eigenvalue weighted by Gasteiger charge is 2.47. The molecule has 154 valence electrons. The minimum atomic E-state index is -0.894. The highest BCUT2D eigenvalue weighted by atomic mass is 16.3. The Balaban J connectivity index is 1.90. The average Bonchev–Trinajstić information content (AvgIpc) is 3.05. The molecule has 8 heteroatoms. The number of carbonyl (C=O) groups excluding carboxylic acids is 3. The van der Waals surface area contributed by atoms with Crippen LogP contribution < -0.4 is 10.2 Å². The Morgan fingerprint density at radius 3 is 2.48 bits per heavy atom. The van der Waals surface area contributed by atoms with Crippen molar-refractivity contribution < 1.29 is 19.5 Å². The molecule has 0 bridgehead atoms. The van der Waals surface area contributed by atoms with Crippen LogP contribution >= 0.6 is 0 Å². The van der Waals surface area contributed by atoms with Crippen LogP contribution in [0.25, 0.3) is 5.76 Å². The van der Waals surface area contributed by atoms with E-state index < -0.39 is 17.7 Å². The van der Waals surface area contributed by atoms with Crippen molar-refractivity contribution in [2.75, 3.05) is 10.2 Å². The summed E-state index contributed by atoms with van der Waals surface area (Å²) in [5.41, 5.74) is 1.76. The molecule has 1 saturated heterocycles. The van der Waals surface area contributed by atoms with Gasteiger partial charge < -0.3 is 10.4 Å². The van der Waals surface area contributed by atoms with E-state index in [1.165, 1.54) is 24.2 Å². The van der Waals surface area contributed by atoms with Crippen molar-refractivity contribution in [3.05, 3.63) is 90.0 Å². The van der Waals surface area contributed by atoms with E-state index in [1.54, 1.807) is 60.9 Å². The van der Waals surface area contributed by atoms with Crippen LogP contribution in [-0.4, -0.2) is 32.7 Å². The predicted molar refractivity (Wildman–Crippen MR) is 114 cm³/mol. The Morgan fingerprint density at radius 1 is 1.03 bits per heavy atom. The predicted octanol–water partition coefficient (Wildman–Crippen LogP) is 3.06. The molecule has 1 fully saturated rings. The van der Waals surface area contributed by atoms with Gasteiger partial charge in [-0.15, -0.1) is 0 Å². The summed E-state index contributed by atoms with van der Waals surface area (Å²) >= 11 is 0. The maximum Gasteiger partial charge on any atom is 0.300 e. The lowest BCUT2D eigenvalue weighted by molar-refractivity contribution is -0.132. The Hall–Kier alpha value is -4.33. The molecule has 31 heavy (non-hydrogen) atoms. The van der Waals surface area contributed by atoms with Crippen LogP contribution in [-0.2, 0) is 14.4 Å². The summed E-state index contributed by atoms with van der Waals surface area (Å²) in [7, 11) is 0. The van der Waals surface area contributed by atoms with Crippen molar-refractivity contribution in [3.8, 4) is 0 Å². The standard InChI is InChI=1S/C23H18N4O4/c1-14(28)26-17-5-2-6-18(12-17)27-20(16-4-3-9-25-13-16)19(22(30)23(27)31)21(29)15-7-10-24-11-8-15/h2-13,20,29H,1H3,(H,26,28)/b21-19+. The molecule has 1 aliphatic heterocycles. The molecular formula is C23H18N4O4. The molecule has 4 rings (SSSR count). The summed E-state index contributed by atoms with van der Waals surface area (Å²) in [6.45, 7) is 1.38. The summed E-state index contributed by atoms with van der Waals surface area (Å²) in [6.07, 6.45) is 6.10. The number of benzene rings is 1. The number of amides is 2. The monoisotopic (exact) mass is 414 g/mol. The zero-order valence-corrected chi connectivity index (χ0v) is 16.5. The number of carbonyl (C=O) groups is 3. The number of Topliss-reactive ketones (excluding diaryl/α,β-unsaturated/α-hetero) is 1. The quantitative estimate of drug-likeness (QED) is 0.385. The number of nitrogens with zero attached hydrogens (tertiary/aromatic N) is 3. The lowest BCUT2D eigenvalue weighted by Gasteiger charge is -2.25. The number of hydrogen-bond acceptors (Lipinski definition) is 6. The van der Waals surface area contributed by atoms with Crippen LogP contribution in [0.3, 0.4) is 0 Å². The number of pyridine rings is 2. The van der Waals surface area contributed by atoms with E-state index in [4.69, 9.17) is 0 Å². The number of aromatic nitrogens is 2. The van der Waals surface area contributed by atoms with Crippen LogP contribution in [0.1, 0.15) is 24.1 Å². The molecule has 0 spiro atoms. The second kappa shape index (κ2) is 8.19. The van der Waals surface area contributed by atoms with Gasteiger partial charge in [-0.3, -0.25) is 29.3 Å². The van der Waals surface area contributed by atoms with Gasteiger partial charge in [-0.2, -0.15) is 0 Å². The van der Waals surface area contributed by atoms with Crippen molar-refractivity contribution in [2.24, 2.45) is 0 Å². The second-order valence-electron chi connectivity index (χ2n) is 6.92. The van der Waals surface area contributed by atoms with Gasteiger partial charge in [0.2, 0.25) is 5.91 Å². The van der Waals surface area contributed by atoms with Crippen molar-refractivity contribution >= 4 is 34.7 Å². The molecule has 8 nitrogen and oxygen atoms in total. The van der Waals surface area contributed by atoms with Crippen LogP contribution in [0.15, 0.2) is 78.9 Å². The maximum absolute atomic E-state index is 13.1. The number of hydrogen-bond donors (Lipinski definition) is 2. The van der Waals surface area contributed by atoms with Gasteiger partial charge in [0.1, 0.15) is 5.76 Å². The fraction of sp³-hybridized carbons (Fsp3) is 0.0870. The summed E-state index contributed by atoms with van der Waals surface area (Å²) in [4.78, 5) is 46.9. The van der Waals surface area contributed by atoms with E-state index in [-0.39, 0.29) is 17.2 Å². The molecule has 0 radical (unpaired) electrons. The first-order chi connectivity index (χ1) is 15.0. The van der Waals surface area contributed by atoms with Gasteiger partial charge in [0.05, 0.1) is 11.6 Å². The van der Waals surface area contributed by atoms with E-state index in [1.807, 2.05) is 0 Å². The Morgan fingerprint density at radius 2 is 1.81 bits per heavy atom. The molecule has 0 aliphatic carbocycles. The van der Waals surface area contributed by atoms with Crippen molar-refractivity contribution in [1.82, 2.24) is 9.97 Å². The van der Waals surface area contributed by atoms with Gasteiger partial charge in [-0.25, -0.2) is 0 Å². The first kappa shape index (κ1) is 20.0. The minimum Gasteiger partial charge on any atom is -0.507 e. The Bertz CT molecular complexity index is 1190. The van der Waals surface area contributed by atoms with Crippen LogP contribution in [0.4, 0.5) is 11.4 Å². The van der Waals surface area contributed by atoms with E-state index >= 15 is 0 Å². The second-order valence-corrected chi connectivity index (χ2v) is 6.92. The normalized spacial score (nSPS) is 17.6. The molecule has 1 aliphatic rings. The molecule has 2 aromatic heterocycles. The van der Waals surface area contributed by atoms with Crippen LogP contribution in [0.2, 0.25) is 0 Å². The van der Waals surface area contributed by atoms with E-state index in [9.17, 15) is 19.5 Å². The fourth-order valence-electron chi connectivity index (χ4n) is 3.55. The van der Waals surface area contributed by atoms with E-state index in [2.05, 4.69) is 15.3 Å². The summed E-state index contributed by atoms with van der Waals surface area (Å²) in [6, 6.07) is 12.2. The molecule has 1 unspecified atom stereocenters. The molecule has 3 heterocycles. The number of aliphatic hydroxyl groups excluding tert-OH is 1. The number of nitrogens with one attached hydrogen (secondary N) is 1.